The average molecular weight is 507 g/mol. The summed E-state index contributed by atoms with van der Waals surface area (Å²) in [7, 11) is 0. The highest BCUT2D eigenvalue weighted by Crippen LogP contribution is 2.29. The van der Waals surface area contributed by atoms with E-state index in [1.165, 1.54) is 17.3 Å². The summed E-state index contributed by atoms with van der Waals surface area (Å²) in [5.74, 6) is 1.89. The Morgan fingerprint density at radius 1 is 1.06 bits per heavy atom. The molecule has 0 aliphatic heterocycles. The maximum absolute atomic E-state index is 12.5. The van der Waals surface area contributed by atoms with Crippen molar-refractivity contribution in [2.45, 2.75) is 57.8 Å². The van der Waals surface area contributed by atoms with Crippen LogP contribution in [0.4, 0.5) is 5.69 Å². The third-order valence-electron chi connectivity index (χ3n) is 4.97. The van der Waals surface area contributed by atoms with E-state index in [0.717, 1.165) is 5.75 Å². The van der Waals surface area contributed by atoms with Crippen LogP contribution >= 0.6 is 35.0 Å². The van der Waals surface area contributed by atoms with Crippen LogP contribution < -0.4 is 10.1 Å². The van der Waals surface area contributed by atoms with E-state index in [2.05, 4.69) is 41.5 Å². The molecule has 176 valence electrons. The van der Waals surface area contributed by atoms with Crippen LogP contribution in [0, 0.1) is 0 Å². The summed E-state index contributed by atoms with van der Waals surface area (Å²) < 4.78 is 8.13. The van der Waals surface area contributed by atoms with Gasteiger partial charge in [-0.15, -0.1) is 10.2 Å². The zero-order chi connectivity index (χ0) is 24.1. The number of halogens is 2. The van der Waals surface area contributed by atoms with Gasteiger partial charge in [-0.2, -0.15) is 0 Å². The maximum atomic E-state index is 12.5. The Hall–Kier alpha value is -2.22. The highest BCUT2D eigenvalue weighted by molar-refractivity contribution is 7.99. The van der Waals surface area contributed by atoms with Gasteiger partial charge in [-0.05, 0) is 62.6 Å². The van der Waals surface area contributed by atoms with Gasteiger partial charge >= 0.3 is 0 Å². The third kappa shape index (κ3) is 6.65. The van der Waals surface area contributed by atoms with E-state index < -0.39 is 0 Å². The molecule has 1 atom stereocenters. The third-order valence-corrected chi connectivity index (χ3v) is 6.47. The molecule has 1 N–H and O–H groups in total. The largest absolute Gasteiger partial charge is 0.483 e. The van der Waals surface area contributed by atoms with Crippen molar-refractivity contribution >= 4 is 46.6 Å². The van der Waals surface area contributed by atoms with Crippen LogP contribution in [0.5, 0.6) is 5.75 Å². The minimum absolute atomic E-state index is 0.0947. The summed E-state index contributed by atoms with van der Waals surface area (Å²) in [5.41, 5.74) is 1.74. The number of nitrogens with one attached hydrogen (secondary N) is 1. The number of amides is 1. The molecule has 33 heavy (non-hydrogen) atoms. The van der Waals surface area contributed by atoms with Crippen LogP contribution in [-0.2, 0) is 4.79 Å². The van der Waals surface area contributed by atoms with Gasteiger partial charge in [0, 0.05) is 11.1 Å². The van der Waals surface area contributed by atoms with Crippen molar-refractivity contribution in [3.63, 3.8) is 0 Å². The van der Waals surface area contributed by atoms with E-state index in [9.17, 15) is 4.79 Å². The highest BCUT2D eigenvalue weighted by atomic mass is 35.5. The number of thioether (sulfide) groups is 1. The Bertz CT molecular complexity index is 1100. The first kappa shape index (κ1) is 25.4. The lowest BCUT2D eigenvalue weighted by molar-refractivity contribution is -0.113. The molecule has 0 aliphatic carbocycles. The number of benzene rings is 2. The van der Waals surface area contributed by atoms with Gasteiger partial charge in [-0.1, -0.05) is 60.9 Å². The molecule has 0 saturated carbocycles. The number of nitrogens with zero attached hydrogens (tertiary/aromatic N) is 3. The van der Waals surface area contributed by atoms with Crippen LogP contribution in [0.25, 0.3) is 0 Å². The van der Waals surface area contributed by atoms with Gasteiger partial charge < -0.3 is 14.6 Å². The molecular weight excluding hydrogens is 479 g/mol. The molecule has 6 nitrogen and oxygen atoms in total. The highest BCUT2D eigenvalue weighted by Gasteiger charge is 2.22. The lowest BCUT2D eigenvalue weighted by atomic mass is 10.0. The maximum Gasteiger partial charge on any atom is 0.234 e. The van der Waals surface area contributed by atoms with Crippen LogP contribution in [0.2, 0.25) is 10.0 Å². The lowest BCUT2D eigenvalue weighted by Gasteiger charge is -2.19. The zero-order valence-electron chi connectivity index (χ0n) is 19.3. The molecule has 1 aromatic heterocycles. The van der Waals surface area contributed by atoms with Crippen molar-refractivity contribution in [2.75, 3.05) is 11.1 Å². The molecule has 3 rings (SSSR count). The zero-order valence-corrected chi connectivity index (χ0v) is 21.6. The van der Waals surface area contributed by atoms with Crippen LogP contribution in [0.3, 0.4) is 0 Å². The van der Waals surface area contributed by atoms with Gasteiger partial charge in [0.05, 0.1) is 16.5 Å². The monoisotopic (exact) mass is 506 g/mol. The second-order valence-corrected chi connectivity index (χ2v) is 10.0. The van der Waals surface area contributed by atoms with Gasteiger partial charge in [0.15, 0.2) is 17.1 Å². The van der Waals surface area contributed by atoms with Crippen molar-refractivity contribution < 1.29 is 9.53 Å². The minimum atomic E-state index is -0.307. The lowest BCUT2D eigenvalue weighted by Crippen LogP contribution is -2.16. The molecule has 0 spiro atoms. The summed E-state index contributed by atoms with van der Waals surface area (Å²) >= 11 is 13.4. The first-order chi connectivity index (χ1) is 15.7. The van der Waals surface area contributed by atoms with Crippen LogP contribution in [0.15, 0.2) is 47.6 Å². The van der Waals surface area contributed by atoms with Gasteiger partial charge in [-0.25, -0.2) is 0 Å². The first-order valence-corrected chi connectivity index (χ1v) is 12.5. The van der Waals surface area contributed by atoms with Gasteiger partial charge in [0.1, 0.15) is 5.75 Å². The van der Waals surface area contributed by atoms with Gasteiger partial charge in [0.25, 0.3) is 0 Å². The fourth-order valence-corrected chi connectivity index (χ4v) is 4.46. The minimum Gasteiger partial charge on any atom is -0.483 e. The quantitative estimate of drug-likeness (QED) is 0.311. The van der Waals surface area contributed by atoms with E-state index in [4.69, 9.17) is 27.9 Å². The molecular formula is C24H28Cl2N4O2S. The number of anilines is 1. The molecule has 3 aromatic rings. The Labute approximate surface area is 209 Å². The number of rotatable bonds is 9. The smallest absolute Gasteiger partial charge is 0.234 e. The van der Waals surface area contributed by atoms with Gasteiger partial charge in [-0.3, -0.25) is 4.79 Å². The number of carbonyl (C=O) groups is 1. The summed E-state index contributed by atoms with van der Waals surface area (Å²) in [5, 5.41) is 13.0. The predicted octanol–water partition coefficient (Wildman–Crippen LogP) is 7.16. The number of aromatic nitrogens is 3. The molecule has 2 aromatic carbocycles. The number of hydrogen-bond donors (Lipinski definition) is 1. The Morgan fingerprint density at radius 2 is 1.76 bits per heavy atom. The molecule has 1 heterocycles. The number of carbonyl (C=O) groups excluding carboxylic acids is 1. The van der Waals surface area contributed by atoms with Gasteiger partial charge in [0.2, 0.25) is 5.91 Å². The normalized spacial score (nSPS) is 12.3. The Morgan fingerprint density at radius 3 is 2.39 bits per heavy atom. The van der Waals surface area contributed by atoms with Crippen molar-refractivity contribution in [1.29, 1.82) is 0 Å². The molecule has 0 saturated heterocycles. The fraction of sp³-hybridized carbons (Fsp3) is 0.375. The average Bonchev–Trinajstić information content (AvgIpc) is 3.20. The van der Waals surface area contributed by atoms with E-state index in [1.807, 2.05) is 37.5 Å². The van der Waals surface area contributed by atoms with E-state index in [0.29, 0.717) is 32.6 Å². The topological polar surface area (TPSA) is 69.0 Å². The standard InChI is InChI=1S/C24H28Cl2N4O2S/c1-14(2)17-6-9-19(10-7-17)32-16(5)23-28-29-24(30(23)15(3)4)33-13-22(31)27-21-12-18(25)8-11-20(21)26/h6-12,14-16H,13H2,1-5H3,(H,27,31). The van der Waals surface area contributed by atoms with Crippen LogP contribution in [0.1, 0.15) is 64.1 Å². The summed E-state index contributed by atoms with van der Waals surface area (Å²) in [6.45, 7) is 10.4. The first-order valence-electron chi connectivity index (χ1n) is 10.7. The SMILES string of the molecule is CC(C)c1ccc(OC(C)c2nnc(SCC(=O)Nc3cc(Cl)ccc3Cl)n2C(C)C)cc1. The molecule has 9 heteroatoms. The van der Waals surface area contributed by atoms with E-state index in [1.54, 1.807) is 18.2 Å². The predicted molar refractivity (Wildman–Crippen MR) is 136 cm³/mol. The number of hydrogen-bond acceptors (Lipinski definition) is 5. The van der Waals surface area contributed by atoms with E-state index in [-0.39, 0.29) is 23.8 Å². The molecule has 1 unspecified atom stereocenters. The summed E-state index contributed by atoms with van der Waals surface area (Å²) in [6, 6.07) is 13.1. The molecule has 1 amide bonds. The molecule has 0 bridgehead atoms. The molecule has 0 aliphatic rings. The summed E-state index contributed by atoms with van der Waals surface area (Å²) in [4.78, 5) is 12.5. The van der Waals surface area contributed by atoms with Crippen molar-refractivity contribution in [3.8, 4) is 5.75 Å². The summed E-state index contributed by atoms with van der Waals surface area (Å²) in [6.07, 6.45) is -0.307. The van der Waals surface area contributed by atoms with Crippen molar-refractivity contribution in [2.24, 2.45) is 0 Å². The van der Waals surface area contributed by atoms with Crippen molar-refractivity contribution in [3.05, 3.63) is 63.9 Å². The molecule has 0 fully saturated rings. The second-order valence-electron chi connectivity index (χ2n) is 8.25. The van der Waals surface area contributed by atoms with Crippen LogP contribution in [-0.4, -0.2) is 26.4 Å². The van der Waals surface area contributed by atoms with Crippen molar-refractivity contribution in [1.82, 2.24) is 14.8 Å². The fourth-order valence-electron chi connectivity index (χ4n) is 3.25. The Balaban J connectivity index is 1.68. The Kier molecular flexibility index (Phi) is 8.68. The second kappa shape index (κ2) is 11.3. The molecule has 0 radical (unpaired) electrons. The number of ether oxygens (including phenoxy) is 1. The van der Waals surface area contributed by atoms with E-state index >= 15 is 0 Å².